The second-order valence-corrected chi connectivity index (χ2v) is 7.05. The molecule has 1 amide bonds. The molecule has 0 saturated carbocycles. The maximum atomic E-state index is 12.5. The molecule has 23 heavy (non-hydrogen) atoms. The Morgan fingerprint density at radius 3 is 2.83 bits per heavy atom. The van der Waals surface area contributed by atoms with Crippen LogP contribution in [0.25, 0.3) is 0 Å². The van der Waals surface area contributed by atoms with Crippen LogP contribution in [0, 0.1) is 0 Å². The number of ether oxygens (including phenoxy) is 1. The molecule has 1 saturated heterocycles. The van der Waals surface area contributed by atoms with Gasteiger partial charge in [-0.15, -0.1) is 4.40 Å². The summed E-state index contributed by atoms with van der Waals surface area (Å²) in [5, 5.41) is 8.98. The van der Waals surface area contributed by atoms with Gasteiger partial charge in [-0.1, -0.05) is 0 Å². The number of hydrogen-bond acceptors (Lipinski definition) is 6. The largest absolute Gasteiger partial charge is 0.479 e. The van der Waals surface area contributed by atoms with E-state index in [-0.39, 0.29) is 37.2 Å². The van der Waals surface area contributed by atoms with Gasteiger partial charge in [-0.25, -0.2) is 13.2 Å². The fraction of sp³-hybridized carbons (Fsp3) is 0.462. The molecule has 124 valence electrons. The van der Waals surface area contributed by atoms with Crippen molar-refractivity contribution in [2.45, 2.75) is 6.10 Å². The number of amides is 1. The third-order valence-corrected chi connectivity index (χ3v) is 4.86. The van der Waals surface area contributed by atoms with Crippen LogP contribution >= 0.6 is 0 Å². The SMILES string of the molecule is O=C(O)C1CN(C(=O)C2=CN3CCS(=O)(=O)N=C3C=C2)CCO1. The molecule has 3 aliphatic rings. The molecule has 10 heteroatoms. The van der Waals surface area contributed by atoms with Gasteiger partial charge in [0, 0.05) is 19.3 Å². The predicted octanol–water partition coefficient (Wildman–Crippen LogP) is -1.20. The summed E-state index contributed by atoms with van der Waals surface area (Å²) in [5.41, 5.74) is 0.356. The minimum Gasteiger partial charge on any atom is -0.479 e. The Balaban J connectivity index is 1.76. The quantitative estimate of drug-likeness (QED) is 0.670. The van der Waals surface area contributed by atoms with Crippen molar-refractivity contribution in [3.05, 3.63) is 23.9 Å². The molecule has 0 aromatic rings. The molecule has 0 bridgehead atoms. The van der Waals surface area contributed by atoms with Crippen LogP contribution in [-0.4, -0.2) is 79.1 Å². The van der Waals surface area contributed by atoms with Crippen molar-refractivity contribution >= 4 is 27.7 Å². The maximum Gasteiger partial charge on any atom is 0.334 e. The summed E-state index contributed by atoms with van der Waals surface area (Å²) in [6, 6.07) is 0. The first-order valence-electron chi connectivity index (χ1n) is 6.98. The Bertz CT molecular complexity index is 739. The van der Waals surface area contributed by atoms with Crippen molar-refractivity contribution < 1.29 is 27.9 Å². The van der Waals surface area contributed by atoms with Crippen LogP contribution in [0.4, 0.5) is 0 Å². The van der Waals surface area contributed by atoms with E-state index in [4.69, 9.17) is 9.84 Å². The van der Waals surface area contributed by atoms with Crippen LogP contribution < -0.4 is 0 Å². The number of hydrogen-bond donors (Lipinski definition) is 1. The van der Waals surface area contributed by atoms with Gasteiger partial charge >= 0.3 is 5.97 Å². The lowest BCUT2D eigenvalue weighted by molar-refractivity contribution is -0.158. The number of amidine groups is 1. The summed E-state index contributed by atoms with van der Waals surface area (Å²) in [7, 11) is -3.44. The number of carbonyl (C=O) groups is 2. The average molecular weight is 341 g/mol. The van der Waals surface area contributed by atoms with Crippen LogP contribution in [-0.2, 0) is 24.3 Å². The van der Waals surface area contributed by atoms with Gasteiger partial charge in [-0.3, -0.25) is 4.79 Å². The summed E-state index contributed by atoms with van der Waals surface area (Å²) >= 11 is 0. The Morgan fingerprint density at radius 1 is 1.30 bits per heavy atom. The van der Waals surface area contributed by atoms with Crippen molar-refractivity contribution in [3.8, 4) is 0 Å². The summed E-state index contributed by atoms with van der Waals surface area (Å²) < 4.78 is 31.6. The van der Waals surface area contributed by atoms with E-state index in [1.807, 2.05) is 0 Å². The molecule has 0 spiro atoms. The lowest BCUT2D eigenvalue weighted by Gasteiger charge is -2.33. The lowest BCUT2D eigenvalue weighted by atomic mass is 10.1. The van der Waals surface area contributed by atoms with E-state index in [1.165, 1.54) is 17.1 Å². The monoisotopic (exact) mass is 341 g/mol. The fourth-order valence-electron chi connectivity index (χ4n) is 2.49. The topological polar surface area (TPSA) is 117 Å². The molecule has 0 aromatic heterocycles. The zero-order valence-corrected chi connectivity index (χ0v) is 12.9. The minimum absolute atomic E-state index is 0.0192. The number of sulfonamides is 1. The van der Waals surface area contributed by atoms with E-state index in [9.17, 15) is 18.0 Å². The summed E-state index contributed by atoms with van der Waals surface area (Å²) in [6.07, 6.45) is 3.47. The molecule has 0 aliphatic carbocycles. The number of aliphatic carboxylic acids is 1. The molecule has 3 rings (SSSR count). The minimum atomic E-state index is -3.44. The van der Waals surface area contributed by atoms with Gasteiger partial charge in [-0.05, 0) is 12.2 Å². The number of fused-ring (bicyclic) bond motifs is 1. The molecular formula is C13H15N3O6S. The number of carboxylic acid groups (broad SMARTS) is 1. The third kappa shape index (κ3) is 3.27. The van der Waals surface area contributed by atoms with Crippen LogP contribution in [0.1, 0.15) is 0 Å². The molecule has 0 aromatic carbocycles. The molecule has 1 atom stereocenters. The van der Waals surface area contributed by atoms with Crippen LogP contribution in [0.2, 0.25) is 0 Å². The van der Waals surface area contributed by atoms with E-state index in [2.05, 4.69) is 4.40 Å². The first-order chi connectivity index (χ1) is 10.9. The smallest absolute Gasteiger partial charge is 0.334 e. The highest BCUT2D eigenvalue weighted by Crippen LogP contribution is 2.18. The Hall–Kier alpha value is -2.20. The third-order valence-electron chi connectivity index (χ3n) is 3.70. The molecule has 1 unspecified atom stereocenters. The van der Waals surface area contributed by atoms with E-state index in [1.54, 1.807) is 11.1 Å². The van der Waals surface area contributed by atoms with Gasteiger partial charge in [0.2, 0.25) is 0 Å². The van der Waals surface area contributed by atoms with E-state index < -0.39 is 22.1 Å². The highest BCUT2D eigenvalue weighted by molar-refractivity contribution is 7.90. The maximum absolute atomic E-state index is 12.5. The molecule has 3 heterocycles. The van der Waals surface area contributed by atoms with Gasteiger partial charge in [0.25, 0.3) is 15.9 Å². The molecular weight excluding hydrogens is 326 g/mol. The molecule has 1 N–H and O–H groups in total. The number of carbonyl (C=O) groups excluding carboxylic acids is 1. The van der Waals surface area contributed by atoms with Gasteiger partial charge in [0.15, 0.2) is 6.10 Å². The van der Waals surface area contributed by atoms with Crippen molar-refractivity contribution in [2.24, 2.45) is 4.40 Å². The number of morpholine rings is 1. The Kier molecular flexibility index (Phi) is 3.94. The molecule has 0 radical (unpaired) electrons. The van der Waals surface area contributed by atoms with E-state index in [0.29, 0.717) is 12.1 Å². The van der Waals surface area contributed by atoms with Crippen molar-refractivity contribution in [1.29, 1.82) is 0 Å². The van der Waals surface area contributed by atoms with Gasteiger partial charge in [0.1, 0.15) is 5.84 Å². The van der Waals surface area contributed by atoms with Gasteiger partial charge in [0.05, 0.1) is 24.5 Å². The first kappa shape index (κ1) is 15.7. The Morgan fingerprint density at radius 2 is 2.09 bits per heavy atom. The summed E-state index contributed by atoms with van der Waals surface area (Å²) in [5.74, 6) is -1.26. The highest BCUT2D eigenvalue weighted by atomic mass is 32.2. The van der Waals surface area contributed by atoms with E-state index >= 15 is 0 Å². The summed E-state index contributed by atoms with van der Waals surface area (Å²) in [4.78, 5) is 26.5. The van der Waals surface area contributed by atoms with Crippen molar-refractivity contribution in [3.63, 3.8) is 0 Å². The molecule has 1 fully saturated rings. The van der Waals surface area contributed by atoms with Crippen molar-refractivity contribution in [1.82, 2.24) is 9.80 Å². The van der Waals surface area contributed by atoms with Crippen LogP contribution in [0.15, 0.2) is 28.3 Å². The normalized spacial score (nSPS) is 26.2. The van der Waals surface area contributed by atoms with Gasteiger partial charge in [-0.2, -0.15) is 0 Å². The average Bonchev–Trinajstić information content (AvgIpc) is 2.53. The first-order valence-corrected chi connectivity index (χ1v) is 8.59. The van der Waals surface area contributed by atoms with E-state index in [0.717, 1.165) is 0 Å². The summed E-state index contributed by atoms with van der Waals surface area (Å²) in [6.45, 7) is 0.676. The van der Waals surface area contributed by atoms with Crippen LogP contribution in [0.3, 0.4) is 0 Å². The van der Waals surface area contributed by atoms with Gasteiger partial charge < -0.3 is 19.6 Å². The fourth-order valence-corrected chi connectivity index (χ4v) is 3.46. The van der Waals surface area contributed by atoms with Crippen LogP contribution in [0.5, 0.6) is 0 Å². The second kappa shape index (κ2) is 5.78. The van der Waals surface area contributed by atoms with Crippen molar-refractivity contribution in [2.75, 3.05) is 32.0 Å². The number of nitrogens with zero attached hydrogens (tertiary/aromatic N) is 3. The zero-order chi connectivity index (χ0) is 16.6. The lowest BCUT2D eigenvalue weighted by Crippen LogP contribution is -2.49. The Labute approximate surface area is 132 Å². The molecule has 9 nitrogen and oxygen atoms in total. The zero-order valence-electron chi connectivity index (χ0n) is 12.1. The number of carboxylic acids is 1. The molecule has 3 aliphatic heterocycles. The standard InChI is InChI=1S/C13H15N3O6S/c17-12(16-3-5-22-10(8-16)13(18)19)9-1-2-11-14-23(20,21)6-4-15(11)7-9/h1-2,7,10H,3-6,8H2,(H,18,19). The predicted molar refractivity (Wildman–Crippen MR) is 79.1 cm³/mol. The second-order valence-electron chi connectivity index (χ2n) is 5.30. The number of rotatable bonds is 2. The highest BCUT2D eigenvalue weighted by Gasteiger charge is 2.31.